The van der Waals surface area contributed by atoms with Crippen LogP contribution in [0.1, 0.15) is 27.2 Å². The first kappa shape index (κ1) is 10.6. The van der Waals surface area contributed by atoms with Crippen LogP contribution in [0.25, 0.3) is 0 Å². The average molecular weight is 176 g/mol. The summed E-state index contributed by atoms with van der Waals surface area (Å²) in [6.07, 6.45) is 0.760. The summed E-state index contributed by atoms with van der Waals surface area (Å²) in [4.78, 5) is 10.4. The SMILES string of the molecule is CC(=O)OCCC(C)(C)O[SiH3]. The highest BCUT2D eigenvalue weighted by Gasteiger charge is 2.15. The van der Waals surface area contributed by atoms with Crippen LogP contribution in [0.2, 0.25) is 0 Å². The molecule has 0 aliphatic heterocycles. The van der Waals surface area contributed by atoms with Crippen molar-refractivity contribution in [3.05, 3.63) is 0 Å². The molecule has 0 aromatic heterocycles. The fourth-order valence-electron chi connectivity index (χ4n) is 0.543. The number of hydrogen-bond donors (Lipinski definition) is 0. The molecule has 0 unspecified atom stereocenters. The maximum atomic E-state index is 10.4. The molecule has 0 atom stereocenters. The minimum absolute atomic E-state index is 0.137. The molecule has 0 aliphatic carbocycles. The molecule has 0 amide bonds. The smallest absolute Gasteiger partial charge is 0.302 e. The second kappa shape index (κ2) is 4.51. The first-order valence-corrected chi connectivity index (χ1v) is 4.48. The highest BCUT2D eigenvalue weighted by molar-refractivity contribution is 5.98. The van der Waals surface area contributed by atoms with Gasteiger partial charge in [-0.25, -0.2) is 0 Å². The molecule has 11 heavy (non-hydrogen) atoms. The molecule has 0 saturated heterocycles. The Balaban J connectivity index is 3.45. The number of carbonyl (C=O) groups excluding carboxylic acids is 1. The van der Waals surface area contributed by atoms with Crippen molar-refractivity contribution < 1.29 is 14.0 Å². The second-order valence-electron chi connectivity index (χ2n) is 3.05. The number of esters is 1. The highest BCUT2D eigenvalue weighted by Crippen LogP contribution is 2.11. The van der Waals surface area contributed by atoms with Crippen molar-refractivity contribution in [1.82, 2.24) is 0 Å². The van der Waals surface area contributed by atoms with Gasteiger partial charge in [-0.2, -0.15) is 0 Å². The average Bonchev–Trinajstić information content (AvgIpc) is 1.87. The summed E-state index contributed by atoms with van der Waals surface area (Å²) in [5.41, 5.74) is -0.137. The minimum Gasteiger partial charge on any atom is -0.466 e. The number of carbonyl (C=O) groups is 1. The van der Waals surface area contributed by atoms with E-state index >= 15 is 0 Å². The molecule has 0 N–H and O–H groups in total. The van der Waals surface area contributed by atoms with Crippen molar-refractivity contribution in [3.63, 3.8) is 0 Å². The molecule has 0 radical (unpaired) electrons. The lowest BCUT2D eigenvalue weighted by Gasteiger charge is -2.22. The summed E-state index contributed by atoms with van der Waals surface area (Å²) in [5.74, 6) is -0.228. The van der Waals surface area contributed by atoms with Crippen molar-refractivity contribution in [2.24, 2.45) is 0 Å². The summed E-state index contributed by atoms with van der Waals surface area (Å²) in [6.45, 7) is 5.84. The Kier molecular flexibility index (Phi) is 4.36. The van der Waals surface area contributed by atoms with E-state index in [0.29, 0.717) is 6.61 Å². The summed E-state index contributed by atoms with van der Waals surface area (Å²) in [6, 6.07) is 0. The van der Waals surface area contributed by atoms with Gasteiger partial charge in [0.15, 0.2) is 0 Å². The molecular formula is C7H16O3Si. The van der Waals surface area contributed by atoms with E-state index in [1.54, 1.807) is 0 Å². The number of hydrogen-bond acceptors (Lipinski definition) is 3. The molecule has 4 heteroatoms. The van der Waals surface area contributed by atoms with E-state index in [-0.39, 0.29) is 11.6 Å². The molecule has 66 valence electrons. The van der Waals surface area contributed by atoms with Crippen molar-refractivity contribution in [2.75, 3.05) is 6.61 Å². The highest BCUT2D eigenvalue weighted by atomic mass is 28.2. The van der Waals surface area contributed by atoms with Crippen LogP contribution in [0, 0.1) is 0 Å². The Labute approximate surface area is 70.6 Å². The lowest BCUT2D eigenvalue weighted by molar-refractivity contribution is -0.141. The molecular weight excluding hydrogens is 160 g/mol. The van der Waals surface area contributed by atoms with E-state index in [9.17, 15) is 4.79 Å². The Morgan fingerprint density at radius 3 is 2.45 bits per heavy atom. The second-order valence-corrected chi connectivity index (χ2v) is 3.46. The topological polar surface area (TPSA) is 35.5 Å². The van der Waals surface area contributed by atoms with Crippen LogP contribution in [0.3, 0.4) is 0 Å². The predicted molar refractivity (Wildman–Crippen MR) is 46.4 cm³/mol. The van der Waals surface area contributed by atoms with Crippen LogP contribution < -0.4 is 0 Å². The van der Waals surface area contributed by atoms with Gasteiger partial charge in [0, 0.05) is 13.3 Å². The molecule has 0 aromatic carbocycles. The van der Waals surface area contributed by atoms with Gasteiger partial charge in [-0.05, 0) is 13.8 Å². The standard InChI is InChI=1S/C7H16O3Si/c1-6(8)9-5-4-7(2,3)10-11/h4-5H2,1-3,11H3. The van der Waals surface area contributed by atoms with Crippen LogP contribution in [0.4, 0.5) is 0 Å². The van der Waals surface area contributed by atoms with Gasteiger partial charge in [-0.1, -0.05) is 0 Å². The molecule has 0 fully saturated rings. The first-order valence-electron chi connectivity index (χ1n) is 3.66. The molecule has 3 nitrogen and oxygen atoms in total. The van der Waals surface area contributed by atoms with E-state index < -0.39 is 0 Å². The Morgan fingerprint density at radius 2 is 2.09 bits per heavy atom. The van der Waals surface area contributed by atoms with Crippen molar-refractivity contribution >= 4 is 16.5 Å². The normalized spacial score (nSPS) is 11.5. The molecule has 0 spiro atoms. The Bertz CT molecular complexity index is 134. The van der Waals surface area contributed by atoms with Crippen LogP contribution in [-0.4, -0.2) is 28.7 Å². The summed E-state index contributed by atoms with van der Waals surface area (Å²) >= 11 is 0. The van der Waals surface area contributed by atoms with Gasteiger partial charge in [0.2, 0.25) is 0 Å². The van der Waals surface area contributed by atoms with E-state index in [1.165, 1.54) is 6.92 Å². The van der Waals surface area contributed by atoms with Gasteiger partial charge in [0.05, 0.1) is 12.2 Å². The van der Waals surface area contributed by atoms with Crippen molar-refractivity contribution in [2.45, 2.75) is 32.8 Å². The molecule has 0 heterocycles. The minimum atomic E-state index is -0.228. The molecule has 0 saturated carbocycles. The Hall–Kier alpha value is -0.353. The summed E-state index contributed by atoms with van der Waals surface area (Å²) < 4.78 is 10.0. The van der Waals surface area contributed by atoms with E-state index in [2.05, 4.69) is 0 Å². The molecule has 0 aromatic rings. The molecule has 0 rings (SSSR count). The molecule has 0 bridgehead atoms. The monoisotopic (exact) mass is 176 g/mol. The lowest BCUT2D eigenvalue weighted by atomic mass is 10.1. The Morgan fingerprint density at radius 1 is 1.55 bits per heavy atom. The van der Waals surface area contributed by atoms with Crippen LogP contribution in [-0.2, 0) is 14.0 Å². The van der Waals surface area contributed by atoms with Gasteiger partial charge in [0.1, 0.15) is 10.5 Å². The van der Waals surface area contributed by atoms with Gasteiger partial charge >= 0.3 is 5.97 Å². The third kappa shape index (κ3) is 6.06. The van der Waals surface area contributed by atoms with Crippen LogP contribution >= 0.6 is 0 Å². The largest absolute Gasteiger partial charge is 0.466 e. The van der Waals surface area contributed by atoms with Gasteiger partial charge in [0.25, 0.3) is 0 Å². The maximum absolute atomic E-state index is 10.4. The third-order valence-corrected chi connectivity index (χ3v) is 2.67. The van der Waals surface area contributed by atoms with E-state index in [0.717, 1.165) is 16.9 Å². The van der Waals surface area contributed by atoms with Crippen LogP contribution in [0.15, 0.2) is 0 Å². The zero-order chi connectivity index (χ0) is 8.91. The van der Waals surface area contributed by atoms with Crippen molar-refractivity contribution in [1.29, 1.82) is 0 Å². The van der Waals surface area contributed by atoms with Gasteiger partial charge < -0.3 is 9.16 Å². The lowest BCUT2D eigenvalue weighted by Crippen LogP contribution is -2.25. The van der Waals surface area contributed by atoms with Crippen LogP contribution in [0.5, 0.6) is 0 Å². The first-order chi connectivity index (χ1) is 4.98. The van der Waals surface area contributed by atoms with E-state index in [1.807, 2.05) is 13.8 Å². The van der Waals surface area contributed by atoms with Gasteiger partial charge in [-0.15, -0.1) is 0 Å². The zero-order valence-electron chi connectivity index (χ0n) is 7.64. The summed E-state index contributed by atoms with van der Waals surface area (Å²) in [5, 5.41) is 0. The zero-order valence-corrected chi connectivity index (χ0v) is 9.64. The predicted octanol–water partition coefficient (Wildman–Crippen LogP) is 0.0152. The number of rotatable bonds is 4. The molecule has 0 aliphatic rings. The van der Waals surface area contributed by atoms with Crippen molar-refractivity contribution in [3.8, 4) is 0 Å². The van der Waals surface area contributed by atoms with Gasteiger partial charge in [-0.3, -0.25) is 4.79 Å². The fourth-order valence-corrected chi connectivity index (χ4v) is 0.747. The fraction of sp³-hybridized carbons (Fsp3) is 0.857. The van der Waals surface area contributed by atoms with E-state index in [4.69, 9.17) is 9.16 Å². The third-order valence-electron chi connectivity index (χ3n) is 1.56. The number of ether oxygens (including phenoxy) is 1. The maximum Gasteiger partial charge on any atom is 0.302 e. The summed E-state index contributed by atoms with van der Waals surface area (Å²) in [7, 11) is 0.720. The quantitative estimate of drug-likeness (QED) is 0.447.